The molecule has 2 aromatic rings. The number of fused-ring (bicyclic) bond motifs is 4. The van der Waals surface area contributed by atoms with Gasteiger partial charge < -0.3 is 30.1 Å². The Morgan fingerprint density at radius 2 is 1.97 bits per heavy atom. The third kappa shape index (κ3) is 2.71. The number of nitrogens with one attached hydrogen (secondary N) is 1. The number of phenols is 2. The van der Waals surface area contributed by atoms with E-state index in [1.807, 2.05) is 24.3 Å². The molecule has 3 fully saturated rings. The van der Waals surface area contributed by atoms with E-state index in [1.54, 1.807) is 6.07 Å². The summed E-state index contributed by atoms with van der Waals surface area (Å²) in [4.78, 5) is 28.7. The number of esters is 2. The van der Waals surface area contributed by atoms with Crippen LogP contribution in [0.5, 0.6) is 11.5 Å². The number of aliphatic hydroxyl groups excluding tert-OH is 1. The summed E-state index contributed by atoms with van der Waals surface area (Å²) in [6.45, 7) is 1.46. The fraction of sp³-hybridized carbons (Fsp3) is 0.500. The number of aromatic hydroxyl groups is 2. The molecule has 9 nitrogen and oxygen atoms in total. The molecule has 194 valence electrons. The van der Waals surface area contributed by atoms with E-state index in [9.17, 15) is 24.9 Å². The molecule has 0 bridgehead atoms. The Morgan fingerprint density at radius 1 is 1.16 bits per heavy atom. The van der Waals surface area contributed by atoms with Gasteiger partial charge in [0.2, 0.25) is 5.72 Å². The Balaban J connectivity index is 1.42. The predicted octanol–water partition coefficient (Wildman–Crippen LogP) is 2.33. The number of rotatable bonds is 1. The zero-order chi connectivity index (χ0) is 25.7. The van der Waals surface area contributed by atoms with Crippen LogP contribution in [0.15, 0.2) is 36.4 Å². The topological polar surface area (TPSA) is 129 Å². The maximum Gasteiger partial charge on any atom is 0.344 e. The first-order valence-electron chi connectivity index (χ1n) is 13.0. The van der Waals surface area contributed by atoms with Gasteiger partial charge in [0.1, 0.15) is 5.56 Å². The highest BCUT2D eigenvalue weighted by Crippen LogP contribution is 2.64. The van der Waals surface area contributed by atoms with Crippen molar-refractivity contribution in [2.45, 2.75) is 49.0 Å². The minimum Gasteiger partial charge on any atom is -0.504 e. The number of methoxy groups -OCH3 is 1. The number of carbonyl (C=O) groups excluding carboxylic acids is 2. The van der Waals surface area contributed by atoms with Gasteiger partial charge in [-0.05, 0) is 60.8 Å². The zero-order valence-electron chi connectivity index (χ0n) is 20.5. The van der Waals surface area contributed by atoms with Crippen LogP contribution in [-0.2, 0) is 19.7 Å². The highest BCUT2D eigenvalue weighted by Gasteiger charge is 2.72. The summed E-state index contributed by atoms with van der Waals surface area (Å²) < 4.78 is 11.5. The average molecular weight is 507 g/mol. The van der Waals surface area contributed by atoms with Crippen LogP contribution in [-0.4, -0.2) is 70.2 Å². The van der Waals surface area contributed by atoms with Crippen molar-refractivity contribution in [1.29, 1.82) is 0 Å². The van der Waals surface area contributed by atoms with Gasteiger partial charge in [-0.25, -0.2) is 4.79 Å². The third-order valence-corrected chi connectivity index (χ3v) is 9.85. The number of anilines is 1. The van der Waals surface area contributed by atoms with Gasteiger partial charge in [-0.1, -0.05) is 24.3 Å². The number of piperidine rings is 2. The van der Waals surface area contributed by atoms with Crippen LogP contribution in [0.4, 0.5) is 5.69 Å². The van der Waals surface area contributed by atoms with E-state index >= 15 is 0 Å². The molecule has 5 aliphatic rings. The molecule has 1 aliphatic carbocycles. The molecule has 7 atom stereocenters. The van der Waals surface area contributed by atoms with Gasteiger partial charge in [0.05, 0.1) is 30.6 Å². The lowest BCUT2D eigenvalue weighted by atomic mass is 9.56. The van der Waals surface area contributed by atoms with E-state index in [2.05, 4.69) is 10.2 Å². The second-order valence-electron chi connectivity index (χ2n) is 11.2. The lowest BCUT2D eigenvalue weighted by Crippen LogP contribution is -2.75. The standard InChI is InChI=1S/C28H30N2O7/c1-36-25(34)22-15-12-21-28-27(16-4-2-3-5-18(16)29-28,10-11-30(21)13-14(15)6-8-19(22)31)17-7-9-20(32)24(33)23(17)26(35)37-28/h2-5,7,9,14-15,19,21-22,29,31-33H,6,8,10-13H2,1H3/t14-,15-,19-,21-,22+,27+,28-/m0/s1. The van der Waals surface area contributed by atoms with E-state index in [0.717, 1.165) is 30.8 Å². The molecule has 4 N–H and O–H groups in total. The van der Waals surface area contributed by atoms with Gasteiger partial charge in [0.15, 0.2) is 11.5 Å². The molecular weight excluding hydrogens is 476 g/mol. The van der Waals surface area contributed by atoms with Crippen molar-refractivity contribution in [3.05, 3.63) is 53.1 Å². The van der Waals surface area contributed by atoms with Crippen molar-refractivity contribution in [2.75, 3.05) is 25.5 Å². The van der Waals surface area contributed by atoms with Crippen LogP contribution in [0.25, 0.3) is 0 Å². The minimum atomic E-state index is -1.18. The summed E-state index contributed by atoms with van der Waals surface area (Å²) in [5.74, 6) is -2.46. The molecule has 0 spiro atoms. The number of phenolic OH excluding ortho intramolecular Hbond substituents is 2. The van der Waals surface area contributed by atoms with Crippen LogP contribution in [0.1, 0.15) is 47.2 Å². The lowest BCUT2D eigenvalue weighted by Gasteiger charge is -2.62. The van der Waals surface area contributed by atoms with Gasteiger partial charge in [-0.2, -0.15) is 0 Å². The van der Waals surface area contributed by atoms with E-state index in [1.165, 1.54) is 13.2 Å². The Bertz CT molecular complexity index is 1330. The summed E-state index contributed by atoms with van der Waals surface area (Å²) in [6, 6.07) is 10.7. The smallest absolute Gasteiger partial charge is 0.344 e. The van der Waals surface area contributed by atoms with Crippen LogP contribution in [0.2, 0.25) is 0 Å². The number of benzene rings is 2. The summed E-state index contributed by atoms with van der Waals surface area (Å²) in [7, 11) is 1.36. The molecule has 2 saturated heterocycles. The number of carbonyl (C=O) groups is 2. The normalized spacial score (nSPS) is 37.5. The van der Waals surface area contributed by atoms with Gasteiger partial charge in [-0.3, -0.25) is 9.69 Å². The van der Waals surface area contributed by atoms with Crippen molar-refractivity contribution in [2.24, 2.45) is 17.8 Å². The molecule has 9 heteroatoms. The van der Waals surface area contributed by atoms with Gasteiger partial charge in [-0.15, -0.1) is 0 Å². The van der Waals surface area contributed by atoms with Crippen molar-refractivity contribution in [3.8, 4) is 11.5 Å². The van der Waals surface area contributed by atoms with E-state index < -0.39 is 40.8 Å². The summed E-state index contributed by atoms with van der Waals surface area (Å²) in [5.41, 5.74) is 0.469. The number of hydrogen-bond acceptors (Lipinski definition) is 9. The number of nitrogens with zero attached hydrogens (tertiary/aromatic N) is 1. The van der Waals surface area contributed by atoms with Gasteiger partial charge >= 0.3 is 11.9 Å². The summed E-state index contributed by atoms with van der Waals surface area (Å²) in [5, 5.41) is 35.4. The van der Waals surface area contributed by atoms with Crippen LogP contribution < -0.4 is 5.32 Å². The third-order valence-electron chi connectivity index (χ3n) is 9.85. The zero-order valence-corrected chi connectivity index (χ0v) is 20.5. The van der Waals surface area contributed by atoms with E-state index in [-0.39, 0.29) is 29.2 Å². The highest BCUT2D eigenvalue weighted by molar-refractivity contribution is 5.99. The Hall–Kier alpha value is -3.30. The number of aliphatic hydroxyl groups is 1. The molecule has 4 aliphatic heterocycles. The van der Waals surface area contributed by atoms with Gasteiger partial charge in [0, 0.05) is 18.8 Å². The molecule has 37 heavy (non-hydrogen) atoms. The fourth-order valence-electron chi connectivity index (χ4n) is 8.37. The maximum atomic E-state index is 13.6. The monoisotopic (exact) mass is 506 g/mol. The Kier molecular flexibility index (Phi) is 4.70. The summed E-state index contributed by atoms with van der Waals surface area (Å²) >= 11 is 0. The molecule has 4 heterocycles. The molecule has 0 amide bonds. The van der Waals surface area contributed by atoms with Crippen LogP contribution >= 0.6 is 0 Å². The first-order valence-corrected chi connectivity index (χ1v) is 13.0. The highest BCUT2D eigenvalue weighted by atomic mass is 16.6. The Labute approximate surface area is 214 Å². The number of ether oxygens (including phenoxy) is 2. The SMILES string of the molecule is COC(=O)[C@@H]1[C@H]2C[C@@H]3N(CC[C@]45c6ccccc6N[C@]34OC(=O)c3c5ccc(O)c3O)C[C@@H]2CC[C@@H]1O. The summed E-state index contributed by atoms with van der Waals surface area (Å²) in [6.07, 6.45) is 1.79. The Morgan fingerprint density at radius 3 is 2.78 bits per heavy atom. The van der Waals surface area contributed by atoms with Crippen molar-refractivity contribution < 1.29 is 34.4 Å². The fourth-order valence-corrected chi connectivity index (χ4v) is 8.37. The molecule has 2 aromatic carbocycles. The van der Waals surface area contributed by atoms with Crippen molar-refractivity contribution >= 4 is 17.6 Å². The maximum absolute atomic E-state index is 13.6. The van der Waals surface area contributed by atoms with Crippen molar-refractivity contribution in [1.82, 2.24) is 4.90 Å². The number of para-hydroxylation sites is 1. The van der Waals surface area contributed by atoms with E-state index in [0.29, 0.717) is 24.8 Å². The second-order valence-corrected chi connectivity index (χ2v) is 11.2. The van der Waals surface area contributed by atoms with Gasteiger partial charge in [0.25, 0.3) is 0 Å². The van der Waals surface area contributed by atoms with Crippen LogP contribution in [0.3, 0.4) is 0 Å². The second kappa shape index (κ2) is 7.61. The van der Waals surface area contributed by atoms with Crippen LogP contribution in [0, 0.1) is 17.8 Å². The molecule has 0 radical (unpaired) electrons. The predicted molar refractivity (Wildman–Crippen MR) is 131 cm³/mol. The largest absolute Gasteiger partial charge is 0.504 e. The molecule has 7 rings (SSSR count). The number of hydrogen-bond donors (Lipinski definition) is 4. The van der Waals surface area contributed by atoms with Crippen molar-refractivity contribution in [3.63, 3.8) is 0 Å². The lowest BCUT2D eigenvalue weighted by molar-refractivity contribution is -0.174. The molecular formula is C28H30N2O7. The minimum absolute atomic E-state index is 0.00297. The quantitative estimate of drug-likeness (QED) is 0.340. The first kappa shape index (κ1) is 22.9. The average Bonchev–Trinajstić information content (AvgIpc) is 3.20. The molecule has 1 saturated carbocycles. The van der Waals surface area contributed by atoms with E-state index in [4.69, 9.17) is 9.47 Å². The molecule has 0 aromatic heterocycles. The first-order chi connectivity index (χ1) is 17.8. The molecule has 0 unspecified atom stereocenters.